The summed E-state index contributed by atoms with van der Waals surface area (Å²) in [4.78, 5) is 20.7. The van der Waals surface area contributed by atoms with Crippen molar-refractivity contribution in [1.29, 1.82) is 0 Å². The number of amides is 1. The van der Waals surface area contributed by atoms with Crippen LogP contribution in [0.25, 0.3) is 0 Å². The Labute approximate surface area is 205 Å². The lowest BCUT2D eigenvalue weighted by molar-refractivity contribution is -0.133. The van der Waals surface area contributed by atoms with Gasteiger partial charge >= 0.3 is 6.01 Å². The zero-order chi connectivity index (χ0) is 23.5. The van der Waals surface area contributed by atoms with Crippen LogP contribution >= 0.6 is 11.6 Å². The van der Waals surface area contributed by atoms with Crippen molar-refractivity contribution in [2.24, 2.45) is 17.8 Å². The monoisotopic (exact) mass is 488 g/mol. The van der Waals surface area contributed by atoms with Crippen LogP contribution in [0.15, 0.2) is 22.7 Å². The zero-order valence-electron chi connectivity index (χ0n) is 19.7. The van der Waals surface area contributed by atoms with E-state index in [1.807, 2.05) is 23.1 Å². The lowest BCUT2D eigenvalue weighted by Crippen LogP contribution is -2.42. The van der Waals surface area contributed by atoms with Gasteiger partial charge < -0.3 is 23.8 Å². The number of anilines is 1. The van der Waals surface area contributed by atoms with E-state index >= 15 is 0 Å². The van der Waals surface area contributed by atoms with Gasteiger partial charge in [0.25, 0.3) is 0 Å². The molecule has 3 heterocycles. The maximum absolute atomic E-state index is 12.2. The molecule has 2 saturated heterocycles. The summed E-state index contributed by atoms with van der Waals surface area (Å²) in [7, 11) is 1.63. The molecule has 0 spiro atoms. The summed E-state index contributed by atoms with van der Waals surface area (Å²) in [6.07, 6.45) is 6.16. The minimum atomic E-state index is 0.153. The van der Waals surface area contributed by atoms with Crippen LogP contribution in [0.2, 0.25) is 5.02 Å². The van der Waals surface area contributed by atoms with Crippen molar-refractivity contribution in [3.05, 3.63) is 34.6 Å². The van der Waals surface area contributed by atoms with Gasteiger partial charge in [-0.15, -0.1) is 0 Å². The van der Waals surface area contributed by atoms with Crippen LogP contribution in [0.4, 0.5) is 6.01 Å². The van der Waals surface area contributed by atoms with E-state index < -0.39 is 0 Å². The number of carbonyl (C=O) groups is 1. The average molecular weight is 489 g/mol. The van der Waals surface area contributed by atoms with E-state index in [2.05, 4.69) is 15.0 Å². The fraction of sp³-hybridized carbons (Fsp3) is 0.640. The molecule has 2 aliphatic heterocycles. The number of piperidine rings is 1. The van der Waals surface area contributed by atoms with Crippen molar-refractivity contribution in [1.82, 2.24) is 15.0 Å². The van der Waals surface area contributed by atoms with E-state index in [-0.39, 0.29) is 5.91 Å². The molecule has 0 N–H and O–H groups in total. The topological polar surface area (TPSA) is 80.9 Å². The SMILES string of the molecule is COCc1noc(N2CCC(C3CC3CCOc3ccc(CC(=O)N4CCC4)c(Cl)c3)CC2)n1. The van der Waals surface area contributed by atoms with E-state index in [9.17, 15) is 4.79 Å². The van der Waals surface area contributed by atoms with Crippen molar-refractivity contribution in [3.63, 3.8) is 0 Å². The molecule has 2 atom stereocenters. The highest BCUT2D eigenvalue weighted by molar-refractivity contribution is 6.31. The molecule has 5 rings (SSSR count). The van der Waals surface area contributed by atoms with Gasteiger partial charge in [-0.05, 0) is 67.6 Å². The summed E-state index contributed by atoms with van der Waals surface area (Å²) in [6.45, 7) is 4.74. The third-order valence-corrected chi connectivity index (χ3v) is 7.81. The van der Waals surface area contributed by atoms with Gasteiger partial charge in [0, 0.05) is 38.3 Å². The number of carbonyl (C=O) groups excluding carboxylic acids is 1. The van der Waals surface area contributed by atoms with Crippen LogP contribution < -0.4 is 9.64 Å². The standard InChI is InChI=1S/C25H33ClN4O4/c1-32-16-23-27-25(34-28-23)30-10-5-17(6-11-30)21-13-18(21)7-12-33-20-4-3-19(22(26)15-20)14-24(31)29-8-2-9-29/h3-4,15,17-18,21H,2,5-14,16H2,1H3. The van der Waals surface area contributed by atoms with Gasteiger partial charge in [0.1, 0.15) is 12.4 Å². The molecule has 1 aromatic carbocycles. The maximum atomic E-state index is 12.2. The molecule has 2 unspecified atom stereocenters. The first-order valence-electron chi connectivity index (χ1n) is 12.4. The van der Waals surface area contributed by atoms with Crippen molar-refractivity contribution >= 4 is 23.5 Å². The second kappa shape index (κ2) is 10.5. The molecule has 34 heavy (non-hydrogen) atoms. The van der Waals surface area contributed by atoms with Crippen molar-refractivity contribution in [2.45, 2.75) is 45.1 Å². The van der Waals surface area contributed by atoms with Gasteiger partial charge in [0.05, 0.1) is 13.0 Å². The minimum absolute atomic E-state index is 0.153. The third kappa shape index (κ3) is 5.49. The number of aromatic nitrogens is 2. The lowest BCUT2D eigenvalue weighted by Gasteiger charge is -2.31. The average Bonchev–Trinajstić information content (AvgIpc) is 3.41. The molecule has 184 valence electrons. The molecule has 1 aromatic heterocycles. The quantitative estimate of drug-likeness (QED) is 0.500. The summed E-state index contributed by atoms with van der Waals surface area (Å²) in [5, 5.41) is 4.57. The number of hydrogen-bond acceptors (Lipinski definition) is 7. The predicted molar refractivity (Wildman–Crippen MR) is 128 cm³/mol. The third-order valence-electron chi connectivity index (χ3n) is 7.46. The van der Waals surface area contributed by atoms with Crippen LogP contribution in [0.3, 0.4) is 0 Å². The van der Waals surface area contributed by atoms with Crippen LogP contribution in [0.1, 0.15) is 43.5 Å². The Bertz CT molecular complexity index is 987. The Kier molecular flexibility index (Phi) is 7.25. The molecule has 9 heteroatoms. The number of halogens is 1. The molecule has 2 aromatic rings. The number of nitrogens with zero attached hydrogens (tertiary/aromatic N) is 4. The Morgan fingerprint density at radius 3 is 2.76 bits per heavy atom. The maximum Gasteiger partial charge on any atom is 0.324 e. The summed E-state index contributed by atoms with van der Waals surface area (Å²) in [6, 6.07) is 6.31. The first kappa shape index (κ1) is 23.4. The van der Waals surface area contributed by atoms with E-state index in [4.69, 9.17) is 25.6 Å². The number of benzene rings is 1. The first-order chi connectivity index (χ1) is 16.6. The highest BCUT2D eigenvalue weighted by Gasteiger charge is 2.43. The van der Waals surface area contributed by atoms with Gasteiger partial charge in [0.2, 0.25) is 5.91 Å². The fourth-order valence-corrected chi connectivity index (χ4v) is 5.43. The van der Waals surface area contributed by atoms with Gasteiger partial charge in [0.15, 0.2) is 5.82 Å². The van der Waals surface area contributed by atoms with E-state index in [0.29, 0.717) is 36.5 Å². The summed E-state index contributed by atoms with van der Waals surface area (Å²) in [5.74, 6) is 3.84. The summed E-state index contributed by atoms with van der Waals surface area (Å²) >= 11 is 6.41. The van der Waals surface area contributed by atoms with Crippen LogP contribution in [0, 0.1) is 17.8 Å². The second-order valence-corrected chi connectivity index (χ2v) is 10.1. The van der Waals surface area contributed by atoms with Crippen molar-refractivity contribution < 1.29 is 18.8 Å². The molecule has 3 fully saturated rings. The molecule has 0 bridgehead atoms. The number of ether oxygens (including phenoxy) is 2. The largest absolute Gasteiger partial charge is 0.494 e. The highest BCUT2D eigenvalue weighted by Crippen LogP contribution is 2.50. The first-order valence-corrected chi connectivity index (χ1v) is 12.7. The molecule has 1 amide bonds. The van der Waals surface area contributed by atoms with Crippen LogP contribution in [-0.2, 0) is 22.6 Å². The summed E-state index contributed by atoms with van der Waals surface area (Å²) < 4.78 is 16.4. The van der Waals surface area contributed by atoms with Gasteiger partial charge in [-0.25, -0.2) is 0 Å². The molecule has 1 saturated carbocycles. The van der Waals surface area contributed by atoms with E-state index in [1.54, 1.807) is 7.11 Å². The van der Waals surface area contributed by atoms with Gasteiger partial charge in [-0.3, -0.25) is 4.79 Å². The Morgan fingerprint density at radius 1 is 1.24 bits per heavy atom. The molecule has 3 aliphatic rings. The molecule has 1 aliphatic carbocycles. The number of methoxy groups -OCH3 is 1. The smallest absolute Gasteiger partial charge is 0.324 e. The van der Waals surface area contributed by atoms with Crippen LogP contribution in [0.5, 0.6) is 5.75 Å². The predicted octanol–water partition coefficient (Wildman–Crippen LogP) is 3.97. The fourth-order valence-electron chi connectivity index (χ4n) is 5.19. The Balaban J connectivity index is 1.01. The normalized spacial score (nSPS) is 22.5. The van der Waals surface area contributed by atoms with E-state index in [1.165, 1.54) is 6.42 Å². The minimum Gasteiger partial charge on any atom is -0.494 e. The highest BCUT2D eigenvalue weighted by atomic mass is 35.5. The molecular weight excluding hydrogens is 456 g/mol. The molecule has 8 nitrogen and oxygen atoms in total. The van der Waals surface area contributed by atoms with Gasteiger partial charge in [-0.1, -0.05) is 22.8 Å². The zero-order valence-corrected chi connectivity index (χ0v) is 20.5. The Hall–Kier alpha value is -2.32. The van der Waals surface area contributed by atoms with E-state index in [0.717, 1.165) is 80.9 Å². The molecule has 0 radical (unpaired) electrons. The van der Waals surface area contributed by atoms with Crippen molar-refractivity contribution in [3.8, 4) is 5.75 Å². The lowest BCUT2D eigenvalue weighted by atomic mass is 9.90. The molecular formula is C25H33ClN4O4. The number of rotatable bonds is 10. The number of likely N-dealkylation sites (tertiary alicyclic amines) is 1. The van der Waals surface area contributed by atoms with Crippen molar-refractivity contribution in [2.75, 3.05) is 44.8 Å². The van der Waals surface area contributed by atoms with Crippen LogP contribution in [-0.4, -0.2) is 60.8 Å². The Morgan fingerprint density at radius 2 is 2.06 bits per heavy atom. The van der Waals surface area contributed by atoms with Gasteiger partial charge in [-0.2, -0.15) is 4.98 Å². The second-order valence-electron chi connectivity index (χ2n) is 9.71. The number of hydrogen-bond donors (Lipinski definition) is 0. The summed E-state index contributed by atoms with van der Waals surface area (Å²) in [5.41, 5.74) is 0.870.